The van der Waals surface area contributed by atoms with E-state index in [1.54, 1.807) is 12.1 Å². The van der Waals surface area contributed by atoms with Crippen LogP contribution in [0.3, 0.4) is 0 Å². The Labute approximate surface area is 120 Å². The summed E-state index contributed by atoms with van der Waals surface area (Å²) in [4.78, 5) is 0. The van der Waals surface area contributed by atoms with Crippen LogP contribution in [0.1, 0.15) is 17.2 Å². The lowest BCUT2D eigenvalue weighted by molar-refractivity contribution is 0.178. The number of hydrogen-bond donors (Lipinski definition) is 1. The molecular formula is C15H14BrFO2. The predicted molar refractivity (Wildman–Crippen MR) is 75.8 cm³/mol. The van der Waals surface area contributed by atoms with Crippen molar-refractivity contribution in [2.75, 3.05) is 7.11 Å². The van der Waals surface area contributed by atoms with Gasteiger partial charge in [0, 0.05) is 10.9 Å². The second-order valence-electron chi connectivity index (χ2n) is 4.24. The summed E-state index contributed by atoms with van der Waals surface area (Å²) in [5.41, 5.74) is 1.52. The van der Waals surface area contributed by atoms with Crippen LogP contribution in [-0.4, -0.2) is 12.2 Å². The standard InChI is InChI=1S/C15H14BrFO2/c1-19-15-6-5-10(7-13(15)17)8-14(18)11-3-2-4-12(16)9-11/h2-7,9,14,18H,8H2,1H3. The fourth-order valence-electron chi connectivity index (χ4n) is 1.89. The summed E-state index contributed by atoms with van der Waals surface area (Å²) in [6, 6.07) is 12.2. The van der Waals surface area contributed by atoms with Crippen LogP contribution in [0, 0.1) is 5.82 Å². The fraction of sp³-hybridized carbons (Fsp3) is 0.200. The van der Waals surface area contributed by atoms with Crippen LogP contribution < -0.4 is 4.74 Å². The van der Waals surface area contributed by atoms with E-state index < -0.39 is 11.9 Å². The zero-order valence-corrected chi connectivity index (χ0v) is 12.0. The highest BCUT2D eigenvalue weighted by Gasteiger charge is 2.11. The lowest BCUT2D eigenvalue weighted by atomic mass is 10.0. The number of aliphatic hydroxyl groups excluding tert-OH is 1. The van der Waals surface area contributed by atoms with Crippen molar-refractivity contribution >= 4 is 15.9 Å². The molecule has 0 amide bonds. The lowest BCUT2D eigenvalue weighted by Gasteiger charge is -2.12. The third-order valence-electron chi connectivity index (χ3n) is 2.88. The van der Waals surface area contributed by atoms with Gasteiger partial charge in [0.1, 0.15) is 0 Å². The zero-order chi connectivity index (χ0) is 13.8. The normalized spacial score (nSPS) is 12.2. The van der Waals surface area contributed by atoms with Crippen LogP contribution in [0.2, 0.25) is 0 Å². The summed E-state index contributed by atoms with van der Waals surface area (Å²) in [6.07, 6.45) is -0.303. The summed E-state index contributed by atoms with van der Waals surface area (Å²) in [7, 11) is 1.43. The van der Waals surface area contributed by atoms with E-state index in [1.807, 2.05) is 24.3 Å². The minimum atomic E-state index is -0.662. The van der Waals surface area contributed by atoms with E-state index in [0.717, 1.165) is 15.6 Å². The van der Waals surface area contributed by atoms with Gasteiger partial charge in [-0.1, -0.05) is 34.1 Å². The molecule has 0 saturated carbocycles. The molecule has 1 unspecified atom stereocenters. The Kier molecular flexibility index (Phi) is 4.56. The minimum absolute atomic E-state index is 0.209. The van der Waals surface area contributed by atoms with Crippen LogP contribution in [0.5, 0.6) is 5.75 Å². The summed E-state index contributed by atoms with van der Waals surface area (Å²) in [5, 5.41) is 10.1. The molecule has 0 aromatic heterocycles. The first-order valence-corrected chi connectivity index (χ1v) is 6.65. The number of halogens is 2. The quantitative estimate of drug-likeness (QED) is 0.925. The van der Waals surface area contributed by atoms with Gasteiger partial charge in [0.05, 0.1) is 13.2 Å². The van der Waals surface area contributed by atoms with Gasteiger partial charge in [-0.15, -0.1) is 0 Å². The van der Waals surface area contributed by atoms with E-state index in [4.69, 9.17) is 4.74 Å². The average molecular weight is 325 g/mol. The summed E-state index contributed by atoms with van der Waals surface area (Å²) in [5.74, 6) is -0.206. The van der Waals surface area contributed by atoms with Crippen molar-refractivity contribution in [1.29, 1.82) is 0 Å². The summed E-state index contributed by atoms with van der Waals surface area (Å²) in [6.45, 7) is 0. The molecule has 1 N–H and O–H groups in total. The molecule has 19 heavy (non-hydrogen) atoms. The van der Waals surface area contributed by atoms with Crippen LogP contribution in [0.25, 0.3) is 0 Å². The Morgan fingerprint density at radius 3 is 2.68 bits per heavy atom. The molecule has 2 aromatic rings. The van der Waals surface area contributed by atoms with Gasteiger partial charge in [-0.3, -0.25) is 0 Å². The largest absolute Gasteiger partial charge is 0.494 e. The highest BCUT2D eigenvalue weighted by atomic mass is 79.9. The van der Waals surface area contributed by atoms with E-state index in [1.165, 1.54) is 13.2 Å². The van der Waals surface area contributed by atoms with E-state index in [-0.39, 0.29) is 5.75 Å². The van der Waals surface area contributed by atoms with Crippen molar-refractivity contribution in [3.05, 3.63) is 63.9 Å². The second-order valence-corrected chi connectivity index (χ2v) is 5.16. The first-order chi connectivity index (χ1) is 9.10. The first kappa shape index (κ1) is 14.0. The third-order valence-corrected chi connectivity index (χ3v) is 3.37. The number of hydrogen-bond acceptors (Lipinski definition) is 2. The van der Waals surface area contributed by atoms with Gasteiger partial charge in [-0.25, -0.2) is 4.39 Å². The molecule has 2 aromatic carbocycles. The van der Waals surface area contributed by atoms with Crippen molar-refractivity contribution < 1.29 is 14.2 Å². The molecule has 0 heterocycles. The fourth-order valence-corrected chi connectivity index (χ4v) is 2.31. The highest BCUT2D eigenvalue weighted by Crippen LogP contribution is 2.24. The molecule has 0 bridgehead atoms. The van der Waals surface area contributed by atoms with Gasteiger partial charge in [0.25, 0.3) is 0 Å². The molecule has 0 saturated heterocycles. The van der Waals surface area contributed by atoms with Crippen LogP contribution in [-0.2, 0) is 6.42 Å². The minimum Gasteiger partial charge on any atom is -0.494 e. The van der Waals surface area contributed by atoms with Crippen LogP contribution in [0.4, 0.5) is 4.39 Å². The number of benzene rings is 2. The molecule has 1 atom stereocenters. The smallest absolute Gasteiger partial charge is 0.165 e. The van der Waals surface area contributed by atoms with Crippen molar-refractivity contribution in [1.82, 2.24) is 0 Å². The molecule has 0 aliphatic heterocycles. The number of ether oxygens (including phenoxy) is 1. The van der Waals surface area contributed by atoms with Crippen LogP contribution >= 0.6 is 15.9 Å². The van der Waals surface area contributed by atoms with Crippen molar-refractivity contribution in [2.45, 2.75) is 12.5 Å². The Morgan fingerprint density at radius 1 is 1.26 bits per heavy atom. The van der Waals surface area contributed by atoms with Gasteiger partial charge in [0.2, 0.25) is 0 Å². The maximum atomic E-state index is 13.6. The molecule has 0 fully saturated rings. The Morgan fingerprint density at radius 2 is 2.05 bits per heavy atom. The van der Waals surface area contributed by atoms with Crippen molar-refractivity contribution in [3.8, 4) is 5.75 Å². The molecule has 0 aliphatic carbocycles. The second kappa shape index (κ2) is 6.17. The monoisotopic (exact) mass is 324 g/mol. The van der Waals surface area contributed by atoms with Gasteiger partial charge in [0.15, 0.2) is 11.6 Å². The molecule has 0 aliphatic rings. The maximum absolute atomic E-state index is 13.6. The van der Waals surface area contributed by atoms with Gasteiger partial charge < -0.3 is 9.84 Å². The Hall–Kier alpha value is -1.39. The zero-order valence-electron chi connectivity index (χ0n) is 10.4. The molecular weight excluding hydrogens is 311 g/mol. The van der Waals surface area contributed by atoms with Gasteiger partial charge in [-0.2, -0.15) is 0 Å². The third kappa shape index (κ3) is 3.55. The van der Waals surface area contributed by atoms with E-state index in [9.17, 15) is 9.50 Å². The van der Waals surface area contributed by atoms with Crippen LogP contribution in [0.15, 0.2) is 46.9 Å². The Bertz CT molecular complexity index is 572. The molecule has 4 heteroatoms. The predicted octanol–water partition coefficient (Wildman–Crippen LogP) is 3.87. The van der Waals surface area contributed by atoms with Crippen molar-refractivity contribution in [2.24, 2.45) is 0 Å². The summed E-state index contributed by atoms with van der Waals surface area (Å²) >= 11 is 3.36. The first-order valence-electron chi connectivity index (χ1n) is 5.86. The average Bonchev–Trinajstić information content (AvgIpc) is 2.39. The topological polar surface area (TPSA) is 29.5 Å². The molecule has 0 spiro atoms. The molecule has 2 nitrogen and oxygen atoms in total. The SMILES string of the molecule is COc1ccc(CC(O)c2cccc(Br)c2)cc1F. The van der Waals surface area contributed by atoms with E-state index in [2.05, 4.69) is 15.9 Å². The maximum Gasteiger partial charge on any atom is 0.165 e. The lowest BCUT2D eigenvalue weighted by Crippen LogP contribution is -2.02. The Balaban J connectivity index is 2.14. The van der Waals surface area contributed by atoms with Gasteiger partial charge in [-0.05, 0) is 35.4 Å². The molecule has 2 rings (SSSR count). The highest BCUT2D eigenvalue weighted by molar-refractivity contribution is 9.10. The van der Waals surface area contributed by atoms with E-state index in [0.29, 0.717) is 6.42 Å². The number of aliphatic hydroxyl groups is 1. The number of rotatable bonds is 4. The van der Waals surface area contributed by atoms with Gasteiger partial charge >= 0.3 is 0 Å². The molecule has 0 radical (unpaired) electrons. The molecule has 100 valence electrons. The van der Waals surface area contributed by atoms with E-state index >= 15 is 0 Å². The summed E-state index contributed by atoms with van der Waals surface area (Å²) < 4.78 is 19.3. The van der Waals surface area contributed by atoms with Crippen molar-refractivity contribution in [3.63, 3.8) is 0 Å². The number of methoxy groups -OCH3 is 1.